The average Bonchev–Trinajstić information content (AvgIpc) is 2.61. The van der Waals surface area contributed by atoms with Crippen LogP contribution in [0.5, 0.6) is 0 Å². The molecule has 0 aliphatic carbocycles. The van der Waals surface area contributed by atoms with E-state index in [2.05, 4.69) is 20.9 Å². The number of carbonyl (C=O) groups is 1. The number of thioether (sulfide) groups is 1. The number of rotatable bonds is 5. The summed E-state index contributed by atoms with van der Waals surface area (Å²) in [6, 6.07) is 8.25. The number of halogens is 1. The Bertz CT molecular complexity index is 547. The van der Waals surface area contributed by atoms with Gasteiger partial charge in [0, 0.05) is 38.0 Å². The Morgan fingerprint density at radius 3 is 2.92 bits per heavy atom. The number of guanidine groups is 1. The van der Waals surface area contributed by atoms with Crippen molar-refractivity contribution in [1.29, 1.82) is 0 Å². The van der Waals surface area contributed by atoms with E-state index in [1.807, 2.05) is 36.0 Å². The van der Waals surface area contributed by atoms with E-state index in [0.717, 1.165) is 30.2 Å². The van der Waals surface area contributed by atoms with Gasteiger partial charge in [0.25, 0.3) is 5.91 Å². The Morgan fingerprint density at radius 1 is 1.42 bits per heavy atom. The third-order valence-electron chi connectivity index (χ3n) is 3.85. The second-order valence-corrected chi connectivity index (χ2v) is 6.74. The van der Waals surface area contributed by atoms with E-state index in [9.17, 15) is 4.79 Å². The molecule has 1 aliphatic heterocycles. The SMILES string of the molecule is CN=C(NCCc1cccc(C(=O)NC)c1)NC1CCCSC1.I. The zero-order chi connectivity index (χ0) is 16.5. The Morgan fingerprint density at radius 2 is 2.25 bits per heavy atom. The monoisotopic (exact) mass is 462 g/mol. The van der Waals surface area contributed by atoms with Gasteiger partial charge in [-0.1, -0.05) is 12.1 Å². The first kappa shape index (κ1) is 21.1. The highest BCUT2D eigenvalue weighted by molar-refractivity contribution is 14.0. The van der Waals surface area contributed by atoms with Crippen LogP contribution >= 0.6 is 35.7 Å². The highest BCUT2D eigenvalue weighted by atomic mass is 127. The van der Waals surface area contributed by atoms with Crippen molar-refractivity contribution in [3.8, 4) is 0 Å². The lowest BCUT2D eigenvalue weighted by atomic mass is 10.1. The fraction of sp³-hybridized carbons (Fsp3) is 0.529. The minimum atomic E-state index is -0.0490. The lowest BCUT2D eigenvalue weighted by Crippen LogP contribution is -2.46. The molecule has 1 fully saturated rings. The molecular formula is C17H27IN4OS. The van der Waals surface area contributed by atoms with Crippen LogP contribution in [0.2, 0.25) is 0 Å². The maximum absolute atomic E-state index is 11.7. The molecule has 7 heteroatoms. The first-order chi connectivity index (χ1) is 11.2. The van der Waals surface area contributed by atoms with Crippen molar-refractivity contribution < 1.29 is 4.79 Å². The van der Waals surface area contributed by atoms with Crippen LogP contribution in [0.3, 0.4) is 0 Å². The third kappa shape index (κ3) is 6.88. The van der Waals surface area contributed by atoms with Gasteiger partial charge in [-0.25, -0.2) is 0 Å². The van der Waals surface area contributed by atoms with Crippen LogP contribution < -0.4 is 16.0 Å². The molecule has 1 aromatic carbocycles. The van der Waals surface area contributed by atoms with Gasteiger partial charge in [0.05, 0.1) is 0 Å². The Kier molecular flexibility index (Phi) is 10.2. The maximum atomic E-state index is 11.7. The lowest BCUT2D eigenvalue weighted by Gasteiger charge is -2.24. The molecule has 1 heterocycles. The Hall–Kier alpha value is -0.960. The van der Waals surface area contributed by atoms with Crippen LogP contribution in [0.25, 0.3) is 0 Å². The molecule has 2 rings (SSSR count). The second-order valence-electron chi connectivity index (χ2n) is 5.59. The summed E-state index contributed by atoms with van der Waals surface area (Å²) in [4.78, 5) is 16.0. The van der Waals surface area contributed by atoms with Gasteiger partial charge in [-0.15, -0.1) is 24.0 Å². The molecule has 1 atom stereocenters. The molecule has 1 saturated heterocycles. The number of hydrogen-bond acceptors (Lipinski definition) is 3. The zero-order valence-electron chi connectivity index (χ0n) is 14.3. The summed E-state index contributed by atoms with van der Waals surface area (Å²) in [7, 11) is 3.45. The quantitative estimate of drug-likeness (QED) is 0.357. The van der Waals surface area contributed by atoms with Crippen LogP contribution in [-0.2, 0) is 6.42 Å². The van der Waals surface area contributed by atoms with Crippen LogP contribution in [0.15, 0.2) is 29.3 Å². The lowest BCUT2D eigenvalue weighted by molar-refractivity contribution is 0.0963. The molecule has 0 radical (unpaired) electrons. The molecular weight excluding hydrogens is 435 g/mol. The van der Waals surface area contributed by atoms with Gasteiger partial charge in [0.15, 0.2) is 5.96 Å². The van der Waals surface area contributed by atoms with Crippen molar-refractivity contribution >= 4 is 47.6 Å². The van der Waals surface area contributed by atoms with Crippen LogP contribution in [0, 0.1) is 0 Å². The predicted molar refractivity (Wildman–Crippen MR) is 114 cm³/mol. The first-order valence-electron chi connectivity index (χ1n) is 8.09. The normalized spacial score (nSPS) is 17.6. The molecule has 3 N–H and O–H groups in total. The third-order valence-corrected chi connectivity index (χ3v) is 5.06. The van der Waals surface area contributed by atoms with Gasteiger partial charge < -0.3 is 16.0 Å². The second kappa shape index (κ2) is 11.6. The number of amides is 1. The topological polar surface area (TPSA) is 65.5 Å². The summed E-state index contributed by atoms with van der Waals surface area (Å²) in [5, 5.41) is 9.49. The summed E-state index contributed by atoms with van der Waals surface area (Å²) in [5.41, 5.74) is 1.84. The van der Waals surface area contributed by atoms with Crippen LogP contribution in [-0.4, -0.2) is 50.1 Å². The van der Waals surface area contributed by atoms with Crippen LogP contribution in [0.1, 0.15) is 28.8 Å². The molecule has 5 nitrogen and oxygen atoms in total. The molecule has 1 aromatic rings. The summed E-state index contributed by atoms with van der Waals surface area (Å²) in [5.74, 6) is 3.23. The van der Waals surface area contributed by atoms with Gasteiger partial charge >= 0.3 is 0 Å². The van der Waals surface area contributed by atoms with E-state index in [1.165, 1.54) is 18.6 Å². The molecule has 0 bridgehead atoms. The van der Waals surface area contributed by atoms with Crippen molar-refractivity contribution in [1.82, 2.24) is 16.0 Å². The minimum Gasteiger partial charge on any atom is -0.356 e. The molecule has 24 heavy (non-hydrogen) atoms. The van der Waals surface area contributed by atoms with Gasteiger partial charge in [-0.05, 0) is 42.7 Å². The highest BCUT2D eigenvalue weighted by Gasteiger charge is 2.14. The van der Waals surface area contributed by atoms with Crippen molar-refractivity contribution in [2.75, 3.05) is 32.1 Å². The fourth-order valence-corrected chi connectivity index (χ4v) is 3.65. The molecule has 1 aliphatic rings. The number of benzene rings is 1. The van der Waals surface area contributed by atoms with E-state index >= 15 is 0 Å². The van der Waals surface area contributed by atoms with E-state index in [-0.39, 0.29) is 29.9 Å². The smallest absolute Gasteiger partial charge is 0.251 e. The molecule has 1 amide bonds. The molecule has 0 saturated carbocycles. The number of nitrogens with zero attached hydrogens (tertiary/aromatic N) is 1. The van der Waals surface area contributed by atoms with Crippen molar-refractivity contribution in [2.45, 2.75) is 25.3 Å². The number of nitrogens with one attached hydrogen (secondary N) is 3. The molecule has 0 aromatic heterocycles. The summed E-state index contributed by atoms with van der Waals surface area (Å²) in [6.45, 7) is 0.788. The highest BCUT2D eigenvalue weighted by Crippen LogP contribution is 2.16. The van der Waals surface area contributed by atoms with Gasteiger partial charge in [-0.3, -0.25) is 9.79 Å². The number of aliphatic imine (C=N–C) groups is 1. The molecule has 1 unspecified atom stereocenters. The predicted octanol–water partition coefficient (Wildman–Crippen LogP) is 2.27. The standard InChI is InChI=1S/C17H26N4OS.HI/c1-18-16(22)14-6-3-5-13(11-14)8-9-20-17(19-2)21-15-7-4-10-23-12-15;/h3,5-6,11,15H,4,7-10,12H2,1-2H3,(H,18,22)(H2,19,20,21);1H. The van der Waals surface area contributed by atoms with E-state index < -0.39 is 0 Å². The van der Waals surface area contributed by atoms with E-state index in [0.29, 0.717) is 11.6 Å². The largest absolute Gasteiger partial charge is 0.356 e. The molecule has 0 spiro atoms. The van der Waals surface area contributed by atoms with Crippen LogP contribution in [0.4, 0.5) is 0 Å². The minimum absolute atomic E-state index is 0. The summed E-state index contributed by atoms with van der Waals surface area (Å²) >= 11 is 2.00. The fourth-order valence-electron chi connectivity index (χ4n) is 2.58. The van der Waals surface area contributed by atoms with Crippen molar-refractivity contribution in [3.05, 3.63) is 35.4 Å². The van der Waals surface area contributed by atoms with E-state index in [1.54, 1.807) is 14.1 Å². The first-order valence-corrected chi connectivity index (χ1v) is 9.24. The summed E-state index contributed by atoms with van der Waals surface area (Å²) in [6.07, 6.45) is 3.33. The Balaban J connectivity index is 0.00000288. The number of hydrogen-bond donors (Lipinski definition) is 3. The molecule has 134 valence electrons. The average molecular weight is 462 g/mol. The van der Waals surface area contributed by atoms with E-state index in [4.69, 9.17) is 0 Å². The van der Waals surface area contributed by atoms with Gasteiger partial charge in [-0.2, -0.15) is 11.8 Å². The number of carbonyl (C=O) groups excluding carboxylic acids is 1. The van der Waals surface area contributed by atoms with Crippen molar-refractivity contribution in [3.63, 3.8) is 0 Å². The summed E-state index contributed by atoms with van der Waals surface area (Å²) < 4.78 is 0. The van der Waals surface area contributed by atoms with Gasteiger partial charge in [0.1, 0.15) is 0 Å². The zero-order valence-corrected chi connectivity index (χ0v) is 17.4. The van der Waals surface area contributed by atoms with Crippen molar-refractivity contribution in [2.24, 2.45) is 4.99 Å². The van der Waals surface area contributed by atoms with Gasteiger partial charge in [0.2, 0.25) is 0 Å². The Labute approximate surface area is 165 Å². The maximum Gasteiger partial charge on any atom is 0.251 e.